The minimum Gasteiger partial charge on any atom is -0.372 e. The molecule has 0 radical (unpaired) electrons. The number of nitrogens with zero attached hydrogens (tertiary/aromatic N) is 5. The maximum atomic E-state index is 5.88. The van der Waals surface area contributed by atoms with Crippen LogP contribution in [0.3, 0.4) is 0 Å². The minimum absolute atomic E-state index is 0. The highest BCUT2D eigenvalue weighted by atomic mass is 127. The van der Waals surface area contributed by atoms with Crippen molar-refractivity contribution < 1.29 is 4.74 Å². The van der Waals surface area contributed by atoms with E-state index in [1.165, 1.54) is 16.7 Å². The molecule has 1 aromatic heterocycles. The molecule has 2 heterocycles. The molecule has 1 aliphatic rings. The van der Waals surface area contributed by atoms with Crippen molar-refractivity contribution in [2.45, 2.75) is 19.8 Å². The number of aromatic nitrogens is 2. The number of guanidine groups is 1. The Morgan fingerprint density at radius 1 is 0.879 bits per heavy atom. The van der Waals surface area contributed by atoms with Crippen LogP contribution in [0.25, 0.3) is 0 Å². The summed E-state index contributed by atoms with van der Waals surface area (Å²) in [4.78, 5) is 17.7. The molecule has 0 amide bonds. The maximum absolute atomic E-state index is 5.88. The van der Waals surface area contributed by atoms with Crippen LogP contribution < -0.4 is 10.2 Å². The molecule has 0 spiro atoms. The molecule has 0 aliphatic carbocycles. The SMILES string of the molecule is CN=C(NCc1cccc(COCc2ccccc2)c1)N1CCN(c2ncccn2)CC1.I. The van der Waals surface area contributed by atoms with Gasteiger partial charge in [0.2, 0.25) is 5.95 Å². The molecule has 174 valence electrons. The van der Waals surface area contributed by atoms with Gasteiger partial charge in [-0.2, -0.15) is 0 Å². The van der Waals surface area contributed by atoms with Gasteiger partial charge in [0.05, 0.1) is 13.2 Å². The van der Waals surface area contributed by atoms with Gasteiger partial charge in [-0.25, -0.2) is 9.97 Å². The van der Waals surface area contributed by atoms with Crippen molar-refractivity contribution in [1.29, 1.82) is 0 Å². The molecule has 1 saturated heterocycles. The van der Waals surface area contributed by atoms with Crippen molar-refractivity contribution in [2.24, 2.45) is 4.99 Å². The van der Waals surface area contributed by atoms with Crippen LogP contribution in [-0.2, 0) is 24.5 Å². The third kappa shape index (κ3) is 7.40. The predicted molar refractivity (Wildman–Crippen MR) is 143 cm³/mol. The maximum Gasteiger partial charge on any atom is 0.225 e. The highest BCUT2D eigenvalue weighted by Gasteiger charge is 2.20. The molecule has 1 aliphatic heterocycles. The first-order valence-electron chi connectivity index (χ1n) is 11.0. The number of nitrogens with one attached hydrogen (secondary N) is 1. The summed E-state index contributed by atoms with van der Waals surface area (Å²) < 4.78 is 5.88. The summed E-state index contributed by atoms with van der Waals surface area (Å²) in [7, 11) is 1.84. The quantitative estimate of drug-likeness (QED) is 0.271. The number of hydrogen-bond acceptors (Lipinski definition) is 5. The van der Waals surface area contributed by atoms with E-state index >= 15 is 0 Å². The summed E-state index contributed by atoms with van der Waals surface area (Å²) >= 11 is 0. The van der Waals surface area contributed by atoms with Gasteiger partial charge >= 0.3 is 0 Å². The summed E-state index contributed by atoms with van der Waals surface area (Å²) in [5, 5.41) is 3.50. The monoisotopic (exact) mass is 558 g/mol. The fraction of sp³-hybridized carbons (Fsp3) is 0.320. The van der Waals surface area contributed by atoms with E-state index in [-0.39, 0.29) is 24.0 Å². The van der Waals surface area contributed by atoms with Gasteiger partial charge < -0.3 is 19.9 Å². The Balaban J connectivity index is 0.00000306. The zero-order valence-electron chi connectivity index (χ0n) is 18.9. The number of ether oxygens (including phenoxy) is 1. The second-order valence-corrected chi connectivity index (χ2v) is 7.72. The summed E-state index contributed by atoms with van der Waals surface area (Å²) in [5.74, 6) is 1.71. The van der Waals surface area contributed by atoms with Crippen LogP contribution in [0.4, 0.5) is 5.95 Å². The van der Waals surface area contributed by atoms with Crippen molar-refractivity contribution in [2.75, 3.05) is 38.1 Å². The summed E-state index contributed by atoms with van der Waals surface area (Å²) in [6, 6.07) is 20.6. The van der Waals surface area contributed by atoms with Crippen molar-refractivity contribution in [1.82, 2.24) is 20.2 Å². The number of rotatable bonds is 7. The van der Waals surface area contributed by atoms with Gasteiger partial charge in [0.1, 0.15) is 0 Å². The Bertz CT molecular complexity index is 994. The van der Waals surface area contributed by atoms with Crippen LogP contribution in [0.15, 0.2) is 78.0 Å². The fourth-order valence-corrected chi connectivity index (χ4v) is 3.78. The number of benzene rings is 2. The van der Waals surface area contributed by atoms with Crippen LogP contribution in [0.5, 0.6) is 0 Å². The van der Waals surface area contributed by atoms with Gasteiger partial charge in [-0.1, -0.05) is 54.6 Å². The highest BCUT2D eigenvalue weighted by Crippen LogP contribution is 2.11. The van der Waals surface area contributed by atoms with Crippen molar-refractivity contribution in [3.8, 4) is 0 Å². The molecule has 1 fully saturated rings. The lowest BCUT2D eigenvalue weighted by molar-refractivity contribution is 0.107. The van der Waals surface area contributed by atoms with Crippen molar-refractivity contribution in [3.63, 3.8) is 0 Å². The molecule has 8 heteroatoms. The van der Waals surface area contributed by atoms with E-state index in [1.54, 1.807) is 12.4 Å². The standard InChI is InChI=1S/C25H30N6O.HI/c1-26-24(30-13-15-31(16-14-30)25-27-11-6-12-28-25)29-18-22-9-5-10-23(17-22)20-32-19-21-7-3-2-4-8-21;/h2-12,17H,13-16,18-20H2,1H3,(H,26,29);1H. The summed E-state index contributed by atoms with van der Waals surface area (Å²) in [6.07, 6.45) is 3.58. The number of aliphatic imine (C=N–C) groups is 1. The van der Waals surface area contributed by atoms with E-state index < -0.39 is 0 Å². The number of halogens is 1. The van der Waals surface area contributed by atoms with E-state index in [0.29, 0.717) is 13.2 Å². The Hall–Kier alpha value is -2.72. The summed E-state index contributed by atoms with van der Waals surface area (Å²) in [5.41, 5.74) is 3.57. The van der Waals surface area contributed by atoms with Gasteiger partial charge in [0.25, 0.3) is 0 Å². The first-order chi connectivity index (χ1) is 15.8. The smallest absolute Gasteiger partial charge is 0.225 e. The molecular weight excluding hydrogens is 527 g/mol. The molecule has 0 unspecified atom stereocenters. The van der Waals surface area contributed by atoms with E-state index in [2.05, 4.69) is 66.5 Å². The van der Waals surface area contributed by atoms with Crippen LogP contribution in [-0.4, -0.2) is 54.1 Å². The first-order valence-corrected chi connectivity index (χ1v) is 11.0. The van der Waals surface area contributed by atoms with Crippen LogP contribution in [0, 0.1) is 0 Å². The Morgan fingerprint density at radius 2 is 1.55 bits per heavy atom. The Morgan fingerprint density at radius 3 is 2.27 bits per heavy atom. The van der Waals surface area contributed by atoms with Gasteiger partial charge in [0, 0.05) is 52.2 Å². The second kappa shape index (κ2) is 13.1. The van der Waals surface area contributed by atoms with Gasteiger partial charge in [-0.3, -0.25) is 4.99 Å². The zero-order valence-corrected chi connectivity index (χ0v) is 21.3. The lowest BCUT2D eigenvalue weighted by Gasteiger charge is -2.36. The lowest BCUT2D eigenvalue weighted by atomic mass is 10.1. The highest BCUT2D eigenvalue weighted by molar-refractivity contribution is 14.0. The van der Waals surface area contributed by atoms with E-state index in [9.17, 15) is 0 Å². The van der Waals surface area contributed by atoms with Crippen LogP contribution in [0.2, 0.25) is 0 Å². The van der Waals surface area contributed by atoms with Crippen LogP contribution >= 0.6 is 24.0 Å². The molecule has 3 aromatic rings. The molecule has 0 bridgehead atoms. The molecular formula is C25H31IN6O. The second-order valence-electron chi connectivity index (χ2n) is 7.72. The number of hydrogen-bond donors (Lipinski definition) is 1. The van der Waals surface area contributed by atoms with Gasteiger partial charge in [0.15, 0.2) is 5.96 Å². The van der Waals surface area contributed by atoms with E-state index in [1.807, 2.05) is 31.3 Å². The topological polar surface area (TPSA) is 65.9 Å². The van der Waals surface area contributed by atoms with Crippen LogP contribution in [0.1, 0.15) is 16.7 Å². The van der Waals surface area contributed by atoms with E-state index in [0.717, 1.165) is 44.6 Å². The average molecular weight is 558 g/mol. The third-order valence-electron chi connectivity index (χ3n) is 5.45. The van der Waals surface area contributed by atoms with Gasteiger partial charge in [-0.15, -0.1) is 24.0 Å². The average Bonchev–Trinajstić information content (AvgIpc) is 2.86. The fourth-order valence-electron chi connectivity index (χ4n) is 3.78. The predicted octanol–water partition coefficient (Wildman–Crippen LogP) is 3.71. The molecule has 7 nitrogen and oxygen atoms in total. The lowest BCUT2D eigenvalue weighted by Crippen LogP contribution is -2.52. The van der Waals surface area contributed by atoms with Crippen molar-refractivity contribution >= 4 is 35.9 Å². The number of anilines is 1. The summed E-state index contributed by atoms with van der Waals surface area (Å²) in [6.45, 7) is 5.45. The first kappa shape index (κ1) is 24.9. The Labute approximate surface area is 212 Å². The minimum atomic E-state index is 0. The molecule has 4 rings (SSSR count). The van der Waals surface area contributed by atoms with Gasteiger partial charge in [-0.05, 0) is 22.8 Å². The molecule has 0 atom stereocenters. The van der Waals surface area contributed by atoms with Crippen molar-refractivity contribution in [3.05, 3.63) is 89.7 Å². The largest absolute Gasteiger partial charge is 0.372 e. The molecule has 33 heavy (non-hydrogen) atoms. The van der Waals surface area contributed by atoms with E-state index in [4.69, 9.17) is 4.74 Å². The third-order valence-corrected chi connectivity index (χ3v) is 5.45. The zero-order chi connectivity index (χ0) is 22.0. The Kier molecular flexibility index (Phi) is 9.89. The molecule has 0 saturated carbocycles. The number of piperazine rings is 1. The molecule has 2 aromatic carbocycles. The normalized spacial score (nSPS) is 14.0. The molecule has 1 N–H and O–H groups in total.